The second kappa shape index (κ2) is 11.5. The molecule has 1 atom stereocenters. The Morgan fingerprint density at radius 1 is 1.08 bits per heavy atom. The van der Waals surface area contributed by atoms with E-state index in [2.05, 4.69) is 39.5 Å². The van der Waals surface area contributed by atoms with E-state index in [9.17, 15) is 14.7 Å². The topological polar surface area (TPSA) is 70.1 Å². The Bertz CT molecular complexity index is 1130. The molecule has 6 nitrogen and oxygen atoms in total. The van der Waals surface area contributed by atoms with E-state index < -0.39 is 17.7 Å². The van der Waals surface area contributed by atoms with Gasteiger partial charge in [-0.25, -0.2) is 0 Å². The highest BCUT2D eigenvalue weighted by atomic mass is 35.5. The van der Waals surface area contributed by atoms with E-state index in [0.717, 1.165) is 37.2 Å². The summed E-state index contributed by atoms with van der Waals surface area (Å²) >= 11 is 6.29. The Balaban J connectivity index is 2.08. The van der Waals surface area contributed by atoms with Crippen LogP contribution in [-0.4, -0.2) is 59.9 Å². The minimum Gasteiger partial charge on any atom is -0.507 e. The van der Waals surface area contributed by atoms with Gasteiger partial charge in [0.1, 0.15) is 11.5 Å². The van der Waals surface area contributed by atoms with Crippen LogP contribution in [0.5, 0.6) is 5.75 Å². The monoisotopic (exact) mass is 512 g/mol. The van der Waals surface area contributed by atoms with Gasteiger partial charge in [0.25, 0.3) is 11.7 Å². The minimum atomic E-state index is -0.688. The summed E-state index contributed by atoms with van der Waals surface area (Å²) in [6.45, 7) is 13.7. The van der Waals surface area contributed by atoms with Crippen LogP contribution in [0.2, 0.25) is 5.02 Å². The molecule has 0 spiro atoms. The van der Waals surface area contributed by atoms with Crippen molar-refractivity contribution in [1.29, 1.82) is 0 Å². The third-order valence-corrected chi connectivity index (χ3v) is 7.12. The number of carbonyl (C=O) groups excluding carboxylic acids is 2. The summed E-state index contributed by atoms with van der Waals surface area (Å²) in [5, 5.41) is 11.6. The number of amides is 1. The molecule has 2 aromatic rings. The first kappa shape index (κ1) is 27.8. The maximum Gasteiger partial charge on any atom is 0.295 e. The van der Waals surface area contributed by atoms with Crippen molar-refractivity contribution in [1.82, 2.24) is 9.80 Å². The van der Waals surface area contributed by atoms with Gasteiger partial charge in [-0.1, -0.05) is 70.5 Å². The molecule has 194 valence electrons. The Kier molecular flexibility index (Phi) is 8.85. The second-order valence-electron chi connectivity index (χ2n) is 10.1. The Morgan fingerprint density at radius 2 is 1.72 bits per heavy atom. The van der Waals surface area contributed by atoms with Crippen molar-refractivity contribution in [2.24, 2.45) is 0 Å². The molecule has 1 fully saturated rings. The van der Waals surface area contributed by atoms with Crippen molar-refractivity contribution in [3.63, 3.8) is 0 Å². The summed E-state index contributed by atoms with van der Waals surface area (Å²) in [6, 6.07) is 12.1. The Morgan fingerprint density at radius 3 is 2.25 bits per heavy atom. The van der Waals surface area contributed by atoms with E-state index in [0.29, 0.717) is 22.9 Å². The van der Waals surface area contributed by atoms with Crippen LogP contribution in [0, 0.1) is 0 Å². The molecule has 0 bridgehead atoms. The average molecular weight is 513 g/mol. The van der Waals surface area contributed by atoms with Crippen LogP contribution >= 0.6 is 11.6 Å². The van der Waals surface area contributed by atoms with Gasteiger partial charge in [0.05, 0.1) is 23.7 Å². The molecule has 0 aromatic heterocycles. The lowest BCUT2D eigenvalue weighted by Crippen LogP contribution is -2.33. The number of hydrogen-bond acceptors (Lipinski definition) is 5. The van der Waals surface area contributed by atoms with E-state index in [1.807, 2.05) is 24.3 Å². The zero-order valence-corrected chi connectivity index (χ0v) is 22.9. The first-order valence-corrected chi connectivity index (χ1v) is 12.9. The summed E-state index contributed by atoms with van der Waals surface area (Å²) in [7, 11) is 1.51. The minimum absolute atomic E-state index is 0.0378. The number of aliphatic hydroxyl groups excluding tert-OH is 1. The number of methoxy groups -OCH3 is 1. The largest absolute Gasteiger partial charge is 0.507 e. The number of nitrogens with zero attached hydrogens (tertiary/aromatic N) is 2. The maximum atomic E-state index is 13.3. The summed E-state index contributed by atoms with van der Waals surface area (Å²) in [6.07, 6.45) is 0.722. The third-order valence-electron chi connectivity index (χ3n) is 6.83. The highest BCUT2D eigenvalue weighted by Crippen LogP contribution is 2.41. The fraction of sp³-hybridized carbons (Fsp3) is 0.448. The smallest absolute Gasteiger partial charge is 0.295 e. The van der Waals surface area contributed by atoms with Crippen molar-refractivity contribution >= 4 is 29.1 Å². The number of aliphatic hydroxyl groups is 1. The Labute approximate surface area is 219 Å². The van der Waals surface area contributed by atoms with Crippen LogP contribution in [0.1, 0.15) is 63.8 Å². The average Bonchev–Trinajstić information content (AvgIpc) is 3.10. The van der Waals surface area contributed by atoms with Crippen molar-refractivity contribution < 1.29 is 19.4 Å². The van der Waals surface area contributed by atoms with Crippen LogP contribution in [0.4, 0.5) is 0 Å². The van der Waals surface area contributed by atoms with Gasteiger partial charge in [-0.15, -0.1) is 0 Å². The summed E-state index contributed by atoms with van der Waals surface area (Å²) in [5.74, 6) is -1.07. The number of ketones is 1. The number of Topliss-reactive ketones (excluding diaryl/α,β-unsaturated/α-hetero) is 1. The normalized spacial score (nSPS) is 17.8. The van der Waals surface area contributed by atoms with E-state index >= 15 is 0 Å². The second-order valence-corrected chi connectivity index (χ2v) is 10.5. The molecule has 2 aromatic carbocycles. The first-order valence-electron chi connectivity index (χ1n) is 12.5. The van der Waals surface area contributed by atoms with Gasteiger partial charge in [0.2, 0.25) is 0 Å². The van der Waals surface area contributed by atoms with E-state index in [1.165, 1.54) is 7.11 Å². The molecule has 1 amide bonds. The molecule has 7 heteroatoms. The van der Waals surface area contributed by atoms with E-state index in [4.69, 9.17) is 16.3 Å². The standard InChI is InChI=1S/C29H37ClN2O4/c1-7-31(8-2)16-9-17-32-25(19-10-13-21(14-11-19)29(3,4)5)24(27(34)28(32)35)26(33)20-12-15-23(36-6)22(30)18-20/h10-15,18,25,33H,7-9,16-17H2,1-6H3/b26-24-. The number of benzene rings is 2. The summed E-state index contributed by atoms with van der Waals surface area (Å²) in [5.41, 5.74) is 2.33. The van der Waals surface area contributed by atoms with Crippen molar-refractivity contribution in [2.75, 3.05) is 33.3 Å². The Hall–Kier alpha value is -2.83. The maximum absolute atomic E-state index is 13.3. The van der Waals surface area contributed by atoms with Crippen molar-refractivity contribution in [3.8, 4) is 5.75 Å². The zero-order chi connectivity index (χ0) is 26.6. The van der Waals surface area contributed by atoms with Crippen LogP contribution in [0.15, 0.2) is 48.0 Å². The van der Waals surface area contributed by atoms with Crippen LogP contribution in [0.3, 0.4) is 0 Å². The number of hydrogen-bond donors (Lipinski definition) is 1. The molecule has 1 aliphatic rings. The number of likely N-dealkylation sites (tertiary alicyclic amines) is 1. The van der Waals surface area contributed by atoms with E-state index in [-0.39, 0.29) is 16.7 Å². The third kappa shape index (κ3) is 5.76. The van der Waals surface area contributed by atoms with Crippen LogP contribution in [-0.2, 0) is 15.0 Å². The van der Waals surface area contributed by atoms with Crippen molar-refractivity contribution in [2.45, 2.75) is 52.5 Å². The fourth-order valence-corrected chi connectivity index (χ4v) is 4.85. The van der Waals surface area contributed by atoms with Gasteiger partial charge in [-0.2, -0.15) is 0 Å². The molecule has 1 N–H and O–H groups in total. The molecule has 1 saturated heterocycles. The molecule has 0 radical (unpaired) electrons. The molecule has 0 aliphatic carbocycles. The molecular weight excluding hydrogens is 476 g/mol. The molecule has 1 heterocycles. The van der Waals surface area contributed by atoms with Crippen LogP contribution < -0.4 is 4.74 Å². The molecule has 0 saturated carbocycles. The quantitative estimate of drug-likeness (QED) is 0.261. The fourth-order valence-electron chi connectivity index (χ4n) is 4.60. The number of rotatable bonds is 9. The van der Waals surface area contributed by atoms with Gasteiger partial charge in [0, 0.05) is 12.1 Å². The summed E-state index contributed by atoms with van der Waals surface area (Å²) < 4.78 is 5.21. The van der Waals surface area contributed by atoms with Crippen LogP contribution in [0.25, 0.3) is 5.76 Å². The van der Waals surface area contributed by atoms with Gasteiger partial charge in [0.15, 0.2) is 0 Å². The lowest BCUT2D eigenvalue weighted by Gasteiger charge is -2.27. The predicted octanol–water partition coefficient (Wildman–Crippen LogP) is 5.80. The van der Waals surface area contributed by atoms with E-state index in [1.54, 1.807) is 23.1 Å². The molecule has 3 rings (SSSR count). The van der Waals surface area contributed by atoms with Gasteiger partial charge < -0.3 is 19.6 Å². The lowest BCUT2D eigenvalue weighted by atomic mass is 9.85. The van der Waals surface area contributed by atoms with Gasteiger partial charge >= 0.3 is 0 Å². The zero-order valence-electron chi connectivity index (χ0n) is 22.1. The SMILES string of the molecule is CCN(CC)CCCN1C(=O)C(=O)/C(=C(\O)c2ccc(OC)c(Cl)c2)C1c1ccc(C(C)(C)C)cc1. The summed E-state index contributed by atoms with van der Waals surface area (Å²) in [4.78, 5) is 30.4. The lowest BCUT2D eigenvalue weighted by molar-refractivity contribution is -0.140. The van der Waals surface area contributed by atoms with Crippen molar-refractivity contribution in [3.05, 3.63) is 69.8 Å². The highest BCUT2D eigenvalue weighted by molar-refractivity contribution is 6.46. The number of halogens is 1. The predicted molar refractivity (Wildman–Crippen MR) is 145 cm³/mol. The molecular formula is C29H37ClN2O4. The van der Waals surface area contributed by atoms with Gasteiger partial charge in [-0.05, 0) is 60.8 Å². The highest BCUT2D eigenvalue weighted by Gasteiger charge is 2.45. The number of ether oxygens (including phenoxy) is 1. The number of carbonyl (C=O) groups is 2. The molecule has 1 aliphatic heterocycles. The van der Waals surface area contributed by atoms with Gasteiger partial charge in [-0.3, -0.25) is 9.59 Å². The first-order chi connectivity index (χ1) is 17.0. The molecule has 1 unspecified atom stereocenters. The molecule has 36 heavy (non-hydrogen) atoms.